The predicted octanol–water partition coefficient (Wildman–Crippen LogP) is 12.9. The van der Waals surface area contributed by atoms with E-state index in [4.69, 9.17) is 24.4 Å². The van der Waals surface area contributed by atoms with Gasteiger partial charge in [0.25, 0.3) is 0 Å². The van der Waals surface area contributed by atoms with Gasteiger partial charge >= 0.3 is 0 Å². The van der Waals surface area contributed by atoms with E-state index in [-0.39, 0.29) is 0 Å². The average molecular weight is 757 g/mol. The number of oxazole rings is 1. The van der Waals surface area contributed by atoms with Crippen molar-refractivity contribution in [1.82, 2.24) is 29.1 Å². The molecule has 0 fully saturated rings. The highest BCUT2D eigenvalue weighted by molar-refractivity contribution is 6.23. The molecular weight excluding hydrogens is 725 g/mol. The third-order valence-corrected chi connectivity index (χ3v) is 11.2. The molecule has 0 N–H and O–H groups in total. The number of para-hydroxylation sites is 2. The van der Waals surface area contributed by atoms with Gasteiger partial charge in [0.1, 0.15) is 5.52 Å². The minimum absolute atomic E-state index is 0.538. The van der Waals surface area contributed by atoms with Crippen LogP contribution in [0.4, 0.5) is 0 Å². The first-order valence-corrected chi connectivity index (χ1v) is 19.6. The van der Waals surface area contributed by atoms with Crippen LogP contribution in [0.5, 0.6) is 0 Å². The first-order valence-electron chi connectivity index (χ1n) is 19.6. The van der Waals surface area contributed by atoms with Crippen molar-refractivity contribution in [2.75, 3.05) is 0 Å². The van der Waals surface area contributed by atoms with E-state index in [1.807, 2.05) is 72.8 Å². The molecule has 12 aromatic rings. The lowest BCUT2D eigenvalue weighted by Crippen LogP contribution is -2.07. The normalized spacial score (nSPS) is 11.7. The van der Waals surface area contributed by atoms with Crippen LogP contribution in [0.2, 0.25) is 0 Å². The molecule has 0 aliphatic carbocycles. The molecule has 7 heteroatoms. The van der Waals surface area contributed by atoms with Crippen LogP contribution in [0.25, 0.3) is 112 Å². The number of benzene rings is 8. The van der Waals surface area contributed by atoms with Crippen molar-refractivity contribution in [1.29, 1.82) is 0 Å². The number of nitrogens with zero attached hydrogens (tertiary/aromatic N) is 6. The van der Waals surface area contributed by atoms with E-state index in [0.717, 1.165) is 88.2 Å². The van der Waals surface area contributed by atoms with E-state index < -0.39 is 0 Å². The van der Waals surface area contributed by atoms with Crippen molar-refractivity contribution < 1.29 is 4.42 Å². The number of hydrogen-bond acceptors (Lipinski definition) is 5. The van der Waals surface area contributed by atoms with Crippen molar-refractivity contribution in [2.45, 2.75) is 0 Å². The topological polar surface area (TPSA) is 74.6 Å². The van der Waals surface area contributed by atoms with Gasteiger partial charge < -0.3 is 8.98 Å². The number of fused-ring (bicyclic) bond motifs is 8. The van der Waals surface area contributed by atoms with Crippen LogP contribution in [0, 0.1) is 0 Å². The van der Waals surface area contributed by atoms with Gasteiger partial charge in [0.15, 0.2) is 17.2 Å². The third kappa shape index (κ3) is 5.36. The summed E-state index contributed by atoms with van der Waals surface area (Å²) in [6, 6.07) is 66.9. The van der Waals surface area contributed by atoms with Crippen LogP contribution in [0.1, 0.15) is 0 Å². The molecule has 0 bridgehead atoms. The van der Waals surface area contributed by atoms with Gasteiger partial charge in [-0.15, -0.1) is 0 Å². The third-order valence-electron chi connectivity index (χ3n) is 11.2. The highest BCUT2D eigenvalue weighted by atomic mass is 16.3. The Balaban J connectivity index is 1.14. The molecule has 12 rings (SSSR count). The first kappa shape index (κ1) is 33.0. The summed E-state index contributed by atoms with van der Waals surface area (Å²) in [6.45, 7) is 0. The smallest absolute Gasteiger partial charge is 0.238 e. The molecule has 4 heterocycles. The summed E-state index contributed by atoms with van der Waals surface area (Å²) < 4.78 is 10.8. The molecule has 0 aliphatic rings. The van der Waals surface area contributed by atoms with Gasteiger partial charge in [-0.3, -0.25) is 4.57 Å². The van der Waals surface area contributed by atoms with Crippen molar-refractivity contribution in [2.24, 2.45) is 0 Å². The monoisotopic (exact) mass is 756 g/mol. The van der Waals surface area contributed by atoms with E-state index >= 15 is 0 Å². The van der Waals surface area contributed by atoms with Gasteiger partial charge in [-0.2, -0.15) is 9.97 Å². The number of hydrogen-bond donors (Lipinski definition) is 0. The molecule has 0 saturated heterocycles. The Kier molecular flexibility index (Phi) is 7.40. The maximum Gasteiger partial charge on any atom is 0.238 e. The van der Waals surface area contributed by atoms with Gasteiger partial charge in [0.05, 0.1) is 22.1 Å². The highest BCUT2D eigenvalue weighted by Gasteiger charge is 2.24. The molecule has 0 radical (unpaired) electrons. The summed E-state index contributed by atoms with van der Waals surface area (Å²) in [5, 5.41) is 4.47. The second-order valence-electron chi connectivity index (χ2n) is 14.7. The number of aromatic nitrogens is 6. The van der Waals surface area contributed by atoms with Crippen molar-refractivity contribution in [3.63, 3.8) is 0 Å². The van der Waals surface area contributed by atoms with Gasteiger partial charge in [-0.05, 0) is 53.6 Å². The van der Waals surface area contributed by atoms with Crippen molar-refractivity contribution in [3.05, 3.63) is 194 Å². The average Bonchev–Trinajstić information content (AvgIpc) is 4.00. The molecule has 276 valence electrons. The lowest BCUT2D eigenvalue weighted by Gasteiger charge is -2.13. The van der Waals surface area contributed by atoms with Gasteiger partial charge in [0.2, 0.25) is 11.8 Å². The second kappa shape index (κ2) is 13.2. The zero-order chi connectivity index (χ0) is 38.9. The van der Waals surface area contributed by atoms with Crippen LogP contribution in [-0.2, 0) is 0 Å². The summed E-state index contributed by atoms with van der Waals surface area (Å²) in [4.78, 5) is 20.7. The number of rotatable bonds is 6. The molecule has 0 spiro atoms. The van der Waals surface area contributed by atoms with Crippen LogP contribution >= 0.6 is 0 Å². The summed E-state index contributed by atoms with van der Waals surface area (Å²) in [5.41, 5.74) is 11.7. The van der Waals surface area contributed by atoms with Crippen LogP contribution in [0.3, 0.4) is 0 Å². The Hall–Kier alpha value is -8.16. The van der Waals surface area contributed by atoms with E-state index in [0.29, 0.717) is 23.5 Å². The second-order valence-corrected chi connectivity index (χ2v) is 14.7. The Morgan fingerprint density at radius 3 is 1.49 bits per heavy atom. The van der Waals surface area contributed by atoms with Crippen LogP contribution in [0.15, 0.2) is 199 Å². The zero-order valence-electron chi connectivity index (χ0n) is 31.6. The fourth-order valence-electron chi connectivity index (χ4n) is 8.49. The minimum atomic E-state index is 0.538. The molecule has 0 unspecified atom stereocenters. The minimum Gasteiger partial charge on any atom is -0.436 e. The summed E-state index contributed by atoms with van der Waals surface area (Å²) in [5.74, 6) is 2.33. The van der Waals surface area contributed by atoms with Crippen molar-refractivity contribution >= 4 is 54.7 Å². The Labute approximate surface area is 338 Å². The Morgan fingerprint density at radius 2 is 0.847 bits per heavy atom. The molecule has 0 amide bonds. The fraction of sp³-hybridized carbons (Fsp3) is 0. The Bertz CT molecular complexity index is 3530. The Morgan fingerprint density at radius 1 is 0.356 bits per heavy atom. The van der Waals surface area contributed by atoms with Gasteiger partial charge in [-0.1, -0.05) is 152 Å². The molecule has 4 aromatic heterocycles. The van der Waals surface area contributed by atoms with Gasteiger partial charge in [0, 0.05) is 43.9 Å². The van der Waals surface area contributed by atoms with E-state index in [9.17, 15) is 0 Å². The quantitative estimate of drug-likeness (QED) is 0.169. The summed E-state index contributed by atoms with van der Waals surface area (Å²) >= 11 is 0. The lowest BCUT2D eigenvalue weighted by atomic mass is 10.0. The molecule has 7 nitrogen and oxygen atoms in total. The molecular formula is C52H32N6O. The van der Waals surface area contributed by atoms with E-state index in [1.54, 1.807) is 0 Å². The largest absolute Gasteiger partial charge is 0.436 e. The van der Waals surface area contributed by atoms with E-state index in [1.165, 1.54) is 0 Å². The maximum absolute atomic E-state index is 6.27. The summed E-state index contributed by atoms with van der Waals surface area (Å²) in [7, 11) is 0. The lowest BCUT2D eigenvalue weighted by molar-refractivity contribution is 0.620. The maximum atomic E-state index is 6.27. The fourth-order valence-corrected chi connectivity index (χ4v) is 8.49. The van der Waals surface area contributed by atoms with Crippen LogP contribution in [-0.4, -0.2) is 29.1 Å². The zero-order valence-corrected chi connectivity index (χ0v) is 31.6. The van der Waals surface area contributed by atoms with Crippen LogP contribution < -0.4 is 0 Å². The molecule has 0 saturated carbocycles. The molecule has 0 atom stereocenters. The van der Waals surface area contributed by atoms with Gasteiger partial charge in [-0.25, -0.2) is 9.97 Å². The van der Waals surface area contributed by atoms with Crippen molar-refractivity contribution in [3.8, 4) is 57.0 Å². The predicted molar refractivity (Wildman–Crippen MR) is 238 cm³/mol. The first-order chi connectivity index (χ1) is 29.2. The van der Waals surface area contributed by atoms with E-state index in [2.05, 4.69) is 130 Å². The SMILES string of the molecule is c1ccc(-c2ccc(-c3nc(-c4ccccc4)nc(-n4c5ccccc5c5ccc6c7ccccc7n(-c7ccc8oc(-c9ccccc9)nc8c7)c6c54)n3)cc2)cc1. The molecule has 0 aliphatic heterocycles. The highest BCUT2D eigenvalue weighted by Crippen LogP contribution is 2.42. The molecule has 8 aromatic carbocycles. The standard InChI is InChI=1S/C52H32N6O/c1-4-14-33(15-5-1)34-24-26-36(27-25-34)50-54-49(35-16-6-2-7-17-35)55-52(56-50)58-45-23-13-11-21-40(45)42-30-29-41-39-20-10-12-22-44(39)57(47(41)48(42)58)38-28-31-46-43(32-38)53-51(59-46)37-18-8-3-9-19-37/h1-32H. The summed E-state index contributed by atoms with van der Waals surface area (Å²) in [6.07, 6.45) is 0. The molecule has 59 heavy (non-hydrogen) atoms.